The highest BCUT2D eigenvalue weighted by Gasteiger charge is 2.32. The smallest absolute Gasteiger partial charge is 0.410 e. The summed E-state index contributed by atoms with van der Waals surface area (Å²) in [6, 6.07) is 27.3. The molecular formula is C28H31N3O2. The highest BCUT2D eigenvalue weighted by molar-refractivity contribution is 5.70. The van der Waals surface area contributed by atoms with E-state index >= 15 is 0 Å². The fraction of sp³-hybridized carbons (Fsp3) is 0.321. The Balaban J connectivity index is 1.18. The number of benzene rings is 3. The number of carbonyl (C=O) groups excluding carboxylic acids is 1. The van der Waals surface area contributed by atoms with Gasteiger partial charge in [0.1, 0.15) is 6.10 Å². The Morgan fingerprint density at radius 3 is 1.94 bits per heavy atom. The van der Waals surface area contributed by atoms with Crippen molar-refractivity contribution >= 4 is 6.09 Å². The van der Waals surface area contributed by atoms with Crippen molar-refractivity contribution < 1.29 is 9.53 Å². The maximum atomic E-state index is 12.3. The second-order valence-corrected chi connectivity index (χ2v) is 9.14. The number of piperazine rings is 1. The number of cyclic esters (lactones) is 1. The maximum Gasteiger partial charge on any atom is 0.410 e. The van der Waals surface area contributed by atoms with Crippen LogP contribution in [0.25, 0.3) is 11.1 Å². The predicted molar refractivity (Wildman–Crippen MR) is 131 cm³/mol. The van der Waals surface area contributed by atoms with E-state index in [1.165, 1.54) is 16.7 Å². The SMILES string of the molecule is CN1CCN(Cc2ccc(-c3ccc(CN4CC(c5ccccc5)OC4=O)cc3)cc2)CC1. The Morgan fingerprint density at radius 2 is 1.33 bits per heavy atom. The van der Waals surface area contributed by atoms with E-state index in [1.54, 1.807) is 4.90 Å². The van der Waals surface area contributed by atoms with Crippen LogP contribution >= 0.6 is 0 Å². The molecule has 2 aliphatic rings. The van der Waals surface area contributed by atoms with E-state index < -0.39 is 0 Å². The Labute approximate surface area is 196 Å². The van der Waals surface area contributed by atoms with Crippen LogP contribution in [0.2, 0.25) is 0 Å². The van der Waals surface area contributed by atoms with Crippen LogP contribution in [0, 0.1) is 0 Å². The number of nitrogens with zero attached hydrogens (tertiary/aromatic N) is 3. The average Bonchev–Trinajstić information content (AvgIpc) is 3.22. The van der Waals surface area contributed by atoms with E-state index in [-0.39, 0.29) is 12.2 Å². The van der Waals surface area contributed by atoms with Crippen LogP contribution in [0.1, 0.15) is 22.8 Å². The molecule has 170 valence electrons. The molecular weight excluding hydrogens is 410 g/mol. The molecule has 0 spiro atoms. The van der Waals surface area contributed by atoms with Gasteiger partial charge in [-0.1, -0.05) is 78.9 Å². The van der Waals surface area contributed by atoms with Gasteiger partial charge in [0.15, 0.2) is 0 Å². The van der Waals surface area contributed by atoms with E-state index in [1.807, 2.05) is 30.3 Å². The van der Waals surface area contributed by atoms with Crippen molar-refractivity contribution in [3.8, 4) is 11.1 Å². The monoisotopic (exact) mass is 441 g/mol. The Kier molecular flexibility index (Phi) is 6.42. The van der Waals surface area contributed by atoms with Crippen LogP contribution in [0.4, 0.5) is 4.79 Å². The van der Waals surface area contributed by atoms with Crippen molar-refractivity contribution in [3.05, 3.63) is 95.6 Å². The van der Waals surface area contributed by atoms with Crippen molar-refractivity contribution in [2.45, 2.75) is 19.2 Å². The molecule has 5 heteroatoms. The lowest BCUT2D eigenvalue weighted by Crippen LogP contribution is -2.43. The minimum Gasteiger partial charge on any atom is -0.439 e. The highest BCUT2D eigenvalue weighted by atomic mass is 16.6. The number of ether oxygens (including phenoxy) is 1. The quantitative estimate of drug-likeness (QED) is 0.551. The summed E-state index contributed by atoms with van der Waals surface area (Å²) >= 11 is 0. The lowest BCUT2D eigenvalue weighted by Gasteiger charge is -2.32. The van der Waals surface area contributed by atoms with Gasteiger partial charge >= 0.3 is 6.09 Å². The molecule has 5 rings (SSSR count). The van der Waals surface area contributed by atoms with Crippen molar-refractivity contribution in [1.82, 2.24) is 14.7 Å². The molecule has 0 radical (unpaired) electrons. The zero-order valence-electron chi connectivity index (χ0n) is 19.2. The Bertz CT molecular complexity index is 1060. The lowest BCUT2D eigenvalue weighted by atomic mass is 10.0. The van der Waals surface area contributed by atoms with E-state index in [2.05, 4.69) is 65.4 Å². The van der Waals surface area contributed by atoms with Gasteiger partial charge in [0.25, 0.3) is 0 Å². The van der Waals surface area contributed by atoms with Gasteiger partial charge in [-0.15, -0.1) is 0 Å². The van der Waals surface area contributed by atoms with E-state index in [0.29, 0.717) is 13.1 Å². The lowest BCUT2D eigenvalue weighted by molar-refractivity contribution is 0.132. The van der Waals surface area contributed by atoms with Crippen LogP contribution in [0.5, 0.6) is 0 Å². The molecule has 0 aromatic heterocycles. The zero-order valence-corrected chi connectivity index (χ0v) is 19.2. The third-order valence-electron chi connectivity index (χ3n) is 6.68. The van der Waals surface area contributed by atoms with Crippen molar-refractivity contribution in [1.29, 1.82) is 0 Å². The molecule has 0 bridgehead atoms. The number of likely N-dealkylation sites (N-methyl/N-ethyl adjacent to an activating group) is 1. The van der Waals surface area contributed by atoms with Gasteiger partial charge in [-0.2, -0.15) is 0 Å². The first kappa shape index (κ1) is 21.7. The van der Waals surface area contributed by atoms with Gasteiger partial charge in [-0.25, -0.2) is 4.79 Å². The van der Waals surface area contributed by atoms with Crippen molar-refractivity contribution in [3.63, 3.8) is 0 Å². The standard InChI is InChI=1S/C28H31N3O2/c1-29-15-17-30(18-16-29)19-22-7-11-24(12-8-22)25-13-9-23(10-14-25)20-31-21-27(33-28(31)32)26-5-3-2-4-6-26/h2-14,27H,15-21H2,1H3. The topological polar surface area (TPSA) is 36.0 Å². The minimum absolute atomic E-state index is 0.192. The highest BCUT2D eigenvalue weighted by Crippen LogP contribution is 2.28. The van der Waals surface area contributed by atoms with Crippen LogP contribution in [-0.2, 0) is 17.8 Å². The van der Waals surface area contributed by atoms with Gasteiger partial charge in [-0.3, -0.25) is 9.80 Å². The second-order valence-electron chi connectivity index (χ2n) is 9.14. The predicted octanol–water partition coefficient (Wildman–Crippen LogP) is 4.79. The van der Waals surface area contributed by atoms with Crippen molar-refractivity contribution in [2.75, 3.05) is 39.8 Å². The molecule has 0 aliphatic carbocycles. The summed E-state index contributed by atoms with van der Waals surface area (Å²) < 4.78 is 5.58. The average molecular weight is 442 g/mol. The number of hydrogen-bond acceptors (Lipinski definition) is 4. The molecule has 33 heavy (non-hydrogen) atoms. The third-order valence-corrected chi connectivity index (χ3v) is 6.68. The molecule has 3 aromatic carbocycles. The van der Waals surface area contributed by atoms with Crippen molar-refractivity contribution in [2.24, 2.45) is 0 Å². The molecule has 2 fully saturated rings. The molecule has 1 unspecified atom stereocenters. The zero-order chi connectivity index (χ0) is 22.6. The molecule has 3 aromatic rings. The summed E-state index contributed by atoms with van der Waals surface area (Å²) in [6.45, 7) is 6.72. The normalized spacial score (nSPS) is 19.6. The third kappa shape index (κ3) is 5.27. The van der Waals surface area contributed by atoms with Gasteiger partial charge in [-0.05, 0) is 34.9 Å². The van der Waals surface area contributed by atoms with E-state index in [4.69, 9.17) is 4.74 Å². The molecule has 2 saturated heterocycles. The number of hydrogen-bond donors (Lipinski definition) is 0. The van der Waals surface area contributed by atoms with Gasteiger partial charge in [0, 0.05) is 39.3 Å². The summed E-state index contributed by atoms with van der Waals surface area (Å²) in [4.78, 5) is 19.0. The summed E-state index contributed by atoms with van der Waals surface area (Å²) in [7, 11) is 2.19. The molecule has 0 saturated carbocycles. The fourth-order valence-electron chi connectivity index (χ4n) is 4.57. The number of carbonyl (C=O) groups is 1. The maximum absolute atomic E-state index is 12.3. The van der Waals surface area contributed by atoms with Gasteiger partial charge in [0.2, 0.25) is 0 Å². The molecule has 5 nitrogen and oxygen atoms in total. The van der Waals surface area contributed by atoms with Crippen LogP contribution in [0.15, 0.2) is 78.9 Å². The molecule has 1 atom stereocenters. The summed E-state index contributed by atoms with van der Waals surface area (Å²) in [5, 5.41) is 0. The second kappa shape index (κ2) is 9.77. The van der Waals surface area contributed by atoms with E-state index in [0.717, 1.165) is 43.9 Å². The Morgan fingerprint density at radius 1 is 0.758 bits per heavy atom. The largest absolute Gasteiger partial charge is 0.439 e. The molecule has 0 N–H and O–H groups in total. The number of amides is 1. The first-order valence-corrected chi connectivity index (χ1v) is 11.7. The molecule has 1 amide bonds. The Hall–Kier alpha value is -3.15. The number of rotatable bonds is 6. The van der Waals surface area contributed by atoms with Crippen LogP contribution in [0.3, 0.4) is 0 Å². The summed E-state index contributed by atoms with van der Waals surface area (Å²) in [6.07, 6.45) is -0.439. The minimum atomic E-state index is -0.246. The van der Waals surface area contributed by atoms with E-state index in [9.17, 15) is 4.79 Å². The first-order valence-electron chi connectivity index (χ1n) is 11.7. The van der Waals surface area contributed by atoms with Crippen LogP contribution < -0.4 is 0 Å². The van der Waals surface area contributed by atoms with Gasteiger partial charge < -0.3 is 9.64 Å². The first-order chi connectivity index (χ1) is 16.1. The van der Waals surface area contributed by atoms with Crippen LogP contribution in [-0.4, -0.2) is 60.6 Å². The molecule has 2 aliphatic heterocycles. The fourth-order valence-corrected chi connectivity index (χ4v) is 4.57. The van der Waals surface area contributed by atoms with Gasteiger partial charge in [0.05, 0.1) is 6.54 Å². The summed E-state index contributed by atoms with van der Waals surface area (Å²) in [5.41, 5.74) is 5.92. The molecule has 2 heterocycles. The summed E-state index contributed by atoms with van der Waals surface area (Å²) in [5.74, 6) is 0.